The number of ether oxygens (including phenoxy) is 3. The van der Waals surface area contributed by atoms with Crippen LogP contribution in [-0.4, -0.2) is 36.5 Å². The molecule has 11 heteroatoms. The first-order chi connectivity index (χ1) is 18.4. The molecule has 0 aliphatic carbocycles. The minimum Gasteiger partial charge on any atom is -0.424 e. The molecule has 1 atom stereocenters. The van der Waals surface area contributed by atoms with Crippen molar-refractivity contribution in [3.63, 3.8) is 0 Å². The number of esters is 3. The Morgan fingerprint density at radius 1 is 0.769 bits per heavy atom. The second-order valence-corrected chi connectivity index (χ2v) is 10.6. The highest BCUT2D eigenvalue weighted by Gasteiger charge is 2.74. The Hall–Kier alpha value is -4.51. The molecule has 1 aliphatic rings. The molecule has 3 aromatic rings. The quantitative estimate of drug-likeness (QED) is 0.319. The highest BCUT2D eigenvalue weighted by atomic mass is 32.2. The normalized spacial score (nSPS) is 16.8. The van der Waals surface area contributed by atoms with Crippen molar-refractivity contribution in [1.29, 1.82) is 0 Å². The Labute approximate surface area is 225 Å². The lowest BCUT2D eigenvalue weighted by Gasteiger charge is -2.48. The third-order valence-corrected chi connectivity index (χ3v) is 7.79. The predicted octanol–water partition coefficient (Wildman–Crippen LogP) is 3.53. The topological polar surface area (TPSA) is 133 Å². The number of rotatable bonds is 7. The van der Waals surface area contributed by atoms with Gasteiger partial charge in [0.05, 0.1) is 10.5 Å². The minimum atomic E-state index is -4.86. The van der Waals surface area contributed by atoms with Gasteiger partial charge in [-0.25, -0.2) is 8.42 Å². The monoisotopic (exact) mass is 551 g/mol. The van der Waals surface area contributed by atoms with Crippen LogP contribution in [0.5, 0.6) is 0 Å². The average molecular weight is 552 g/mol. The van der Waals surface area contributed by atoms with Gasteiger partial charge in [-0.1, -0.05) is 66.2 Å². The standard InChI is InChI=1S/C28H25NO9S/c1-18-14-16-23(17-15-18)39(34,35)29-26(33)24-12-8-9-13-25(24)27(29,36-19(2)30)28(37-20(3)31,38-21(4)32)22-10-6-5-7-11-22/h5-17H,1-4H3/t27-/m1/s1. The number of carbonyl (C=O) groups excluding carboxylic acids is 4. The summed E-state index contributed by atoms with van der Waals surface area (Å²) in [5.74, 6) is -6.97. The van der Waals surface area contributed by atoms with Crippen LogP contribution in [0.25, 0.3) is 0 Å². The number of aryl methyl sites for hydroxylation is 1. The fourth-order valence-corrected chi connectivity index (χ4v) is 6.24. The highest BCUT2D eigenvalue weighted by Crippen LogP contribution is 2.56. The Bertz CT molecular complexity index is 1550. The summed E-state index contributed by atoms with van der Waals surface area (Å²) >= 11 is 0. The van der Waals surface area contributed by atoms with Crippen LogP contribution in [0.3, 0.4) is 0 Å². The largest absolute Gasteiger partial charge is 0.424 e. The molecule has 0 saturated heterocycles. The SMILES string of the molecule is CC(=O)OC(OC(C)=O)(c1ccccc1)[C@]1(OC(C)=O)c2ccccc2C(=O)N1S(=O)(=O)c1ccc(C)cc1. The number of benzene rings is 3. The van der Waals surface area contributed by atoms with E-state index in [4.69, 9.17) is 14.2 Å². The Morgan fingerprint density at radius 3 is 1.85 bits per heavy atom. The number of sulfonamides is 1. The first-order valence-corrected chi connectivity index (χ1v) is 13.2. The number of amides is 1. The molecule has 0 saturated carbocycles. The average Bonchev–Trinajstić information content (AvgIpc) is 3.13. The van der Waals surface area contributed by atoms with Crippen molar-refractivity contribution in [2.75, 3.05) is 0 Å². The third-order valence-electron chi connectivity index (χ3n) is 6.02. The maximum atomic E-state index is 14.3. The van der Waals surface area contributed by atoms with Crippen molar-refractivity contribution in [2.45, 2.75) is 44.1 Å². The molecule has 202 valence electrons. The van der Waals surface area contributed by atoms with Gasteiger partial charge in [-0.3, -0.25) is 19.2 Å². The number of fused-ring (bicyclic) bond motifs is 1. The lowest BCUT2D eigenvalue weighted by atomic mass is 9.87. The number of hydrogen-bond acceptors (Lipinski definition) is 9. The van der Waals surface area contributed by atoms with Crippen LogP contribution in [0.2, 0.25) is 0 Å². The maximum absolute atomic E-state index is 14.3. The van der Waals surface area contributed by atoms with E-state index in [0.717, 1.165) is 26.3 Å². The molecular weight excluding hydrogens is 526 g/mol. The summed E-state index contributed by atoms with van der Waals surface area (Å²) in [5, 5.41) is 0. The number of carbonyl (C=O) groups is 4. The minimum absolute atomic E-state index is 0.0785. The van der Waals surface area contributed by atoms with Crippen molar-refractivity contribution in [3.05, 3.63) is 101 Å². The molecule has 1 amide bonds. The lowest BCUT2D eigenvalue weighted by molar-refractivity contribution is -0.330. The van der Waals surface area contributed by atoms with Gasteiger partial charge in [0.2, 0.25) is 0 Å². The summed E-state index contributed by atoms with van der Waals surface area (Å²) in [6.07, 6.45) is 0. The molecule has 0 bridgehead atoms. The zero-order chi connectivity index (χ0) is 28.6. The van der Waals surface area contributed by atoms with Crippen LogP contribution in [0, 0.1) is 6.92 Å². The molecule has 0 spiro atoms. The molecule has 0 radical (unpaired) electrons. The van der Waals surface area contributed by atoms with E-state index in [1.165, 1.54) is 72.8 Å². The second kappa shape index (κ2) is 9.99. The van der Waals surface area contributed by atoms with E-state index in [9.17, 15) is 27.6 Å². The zero-order valence-electron chi connectivity index (χ0n) is 21.5. The number of hydrogen-bond donors (Lipinski definition) is 0. The van der Waals surface area contributed by atoms with Crippen LogP contribution in [-0.2, 0) is 50.1 Å². The first-order valence-electron chi connectivity index (χ1n) is 11.8. The highest BCUT2D eigenvalue weighted by molar-refractivity contribution is 7.89. The summed E-state index contributed by atoms with van der Waals surface area (Å²) in [7, 11) is -4.86. The molecule has 0 unspecified atom stereocenters. The Morgan fingerprint density at radius 2 is 1.31 bits per heavy atom. The molecule has 4 rings (SSSR count). The van der Waals surface area contributed by atoms with Gasteiger partial charge in [0.15, 0.2) is 0 Å². The fourth-order valence-electron chi connectivity index (χ4n) is 4.64. The lowest BCUT2D eigenvalue weighted by Crippen LogP contribution is -2.64. The van der Waals surface area contributed by atoms with E-state index >= 15 is 0 Å². The summed E-state index contributed by atoms with van der Waals surface area (Å²) in [4.78, 5) is 51.8. The van der Waals surface area contributed by atoms with Crippen molar-refractivity contribution in [2.24, 2.45) is 0 Å². The molecule has 0 fully saturated rings. The third kappa shape index (κ3) is 4.44. The molecular formula is C28H25NO9S. The Kier molecular flexibility index (Phi) is 7.05. The van der Waals surface area contributed by atoms with Crippen LogP contribution >= 0.6 is 0 Å². The van der Waals surface area contributed by atoms with Crippen molar-refractivity contribution < 1.29 is 41.8 Å². The van der Waals surface area contributed by atoms with E-state index in [1.807, 2.05) is 0 Å². The summed E-state index contributed by atoms with van der Waals surface area (Å²) < 4.78 is 46.1. The molecule has 39 heavy (non-hydrogen) atoms. The van der Waals surface area contributed by atoms with Gasteiger partial charge in [0.25, 0.3) is 15.9 Å². The van der Waals surface area contributed by atoms with Crippen LogP contribution in [0.4, 0.5) is 0 Å². The van der Waals surface area contributed by atoms with Gasteiger partial charge in [-0.15, -0.1) is 0 Å². The molecule has 10 nitrogen and oxygen atoms in total. The van der Waals surface area contributed by atoms with Crippen molar-refractivity contribution in [1.82, 2.24) is 4.31 Å². The van der Waals surface area contributed by atoms with Crippen molar-refractivity contribution in [3.8, 4) is 0 Å². The molecule has 1 aliphatic heterocycles. The molecule has 0 aromatic heterocycles. The van der Waals surface area contributed by atoms with E-state index in [0.29, 0.717) is 4.31 Å². The van der Waals surface area contributed by atoms with E-state index in [-0.39, 0.29) is 21.6 Å². The van der Waals surface area contributed by atoms with Crippen molar-refractivity contribution >= 4 is 33.8 Å². The zero-order valence-corrected chi connectivity index (χ0v) is 22.4. The summed E-state index contributed by atoms with van der Waals surface area (Å²) in [6, 6.07) is 18.7. The smallest absolute Gasteiger partial charge is 0.349 e. The Balaban J connectivity index is 2.23. The van der Waals surface area contributed by atoms with E-state index in [2.05, 4.69) is 0 Å². The van der Waals surface area contributed by atoms with Crippen LogP contribution < -0.4 is 0 Å². The van der Waals surface area contributed by atoms with Gasteiger partial charge in [-0.05, 0) is 25.1 Å². The molecule has 3 aromatic carbocycles. The van der Waals surface area contributed by atoms with Crippen LogP contribution in [0.1, 0.15) is 47.8 Å². The van der Waals surface area contributed by atoms with E-state index in [1.54, 1.807) is 13.0 Å². The van der Waals surface area contributed by atoms with Gasteiger partial charge in [0, 0.05) is 31.9 Å². The number of nitrogens with zero attached hydrogens (tertiary/aromatic N) is 1. The van der Waals surface area contributed by atoms with Gasteiger partial charge < -0.3 is 14.2 Å². The maximum Gasteiger partial charge on any atom is 0.349 e. The van der Waals surface area contributed by atoms with Crippen LogP contribution in [0.15, 0.2) is 83.8 Å². The molecule has 0 N–H and O–H groups in total. The van der Waals surface area contributed by atoms with Gasteiger partial charge >= 0.3 is 29.4 Å². The second-order valence-electron chi connectivity index (χ2n) is 8.84. The predicted molar refractivity (Wildman–Crippen MR) is 136 cm³/mol. The summed E-state index contributed by atoms with van der Waals surface area (Å²) in [5.41, 5.74) is -2.52. The first kappa shape index (κ1) is 27.5. The summed E-state index contributed by atoms with van der Waals surface area (Å²) in [6.45, 7) is 4.74. The van der Waals surface area contributed by atoms with Gasteiger partial charge in [-0.2, -0.15) is 4.31 Å². The van der Waals surface area contributed by atoms with Gasteiger partial charge in [0.1, 0.15) is 0 Å². The fraction of sp³-hybridized carbons (Fsp3) is 0.214. The van der Waals surface area contributed by atoms with E-state index < -0.39 is 45.4 Å². The molecule has 1 heterocycles.